The summed E-state index contributed by atoms with van der Waals surface area (Å²) in [5.74, 6) is 0. The number of amides is 2. The van der Waals surface area contributed by atoms with Gasteiger partial charge in [-0.15, -0.1) is 0 Å². The standard InChI is InChI=1S/C25H40N4O3/c1-24(2,3)28(20-12-14-26-16-20)22(30)32-23(31)29(25(4,5)6)21-13-15-27(18-21)17-19-10-8-7-9-11-19/h7-11,20-21,26H,12-18H2,1-6H3. The van der Waals surface area contributed by atoms with E-state index in [4.69, 9.17) is 4.74 Å². The third-order valence-corrected chi connectivity index (χ3v) is 6.27. The van der Waals surface area contributed by atoms with E-state index in [1.165, 1.54) is 5.56 Å². The van der Waals surface area contributed by atoms with Gasteiger partial charge < -0.3 is 10.1 Å². The van der Waals surface area contributed by atoms with Gasteiger partial charge in [-0.3, -0.25) is 14.7 Å². The number of hydrogen-bond donors (Lipinski definition) is 1. The molecule has 178 valence electrons. The van der Waals surface area contributed by atoms with Crippen LogP contribution in [0.4, 0.5) is 9.59 Å². The van der Waals surface area contributed by atoms with Gasteiger partial charge in [0.05, 0.1) is 0 Å². The van der Waals surface area contributed by atoms with Crippen LogP contribution in [0.1, 0.15) is 59.9 Å². The molecular formula is C25H40N4O3. The molecule has 0 aromatic heterocycles. The van der Waals surface area contributed by atoms with Crippen molar-refractivity contribution in [1.29, 1.82) is 0 Å². The fourth-order valence-electron chi connectivity index (χ4n) is 4.98. The van der Waals surface area contributed by atoms with Crippen LogP contribution in [-0.4, -0.2) is 76.2 Å². The molecule has 0 radical (unpaired) electrons. The molecule has 2 saturated heterocycles. The number of likely N-dealkylation sites (tertiary alicyclic amines) is 1. The minimum absolute atomic E-state index is 0.00949. The summed E-state index contributed by atoms with van der Waals surface area (Å²) in [5.41, 5.74) is 0.381. The minimum Gasteiger partial charge on any atom is -0.359 e. The number of rotatable bonds is 4. The molecule has 3 rings (SSSR count). The molecule has 0 saturated carbocycles. The number of carbonyl (C=O) groups excluding carboxylic acids is 2. The molecule has 0 spiro atoms. The SMILES string of the molecule is CC(C)(C)N(C(=O)OC(=O)N(C1CCN(Cc2ccccc2)C1)C(C)(C)C)C1CCNC1. The lowest BCUT2D eigenvalue weighted by Gasteiger charge is -2.41. The molecule has 0 bridgehead atoms. The zero-order chi connectivity index (χ0) is 23.5. The fraction of sp³-hybridized carbons (Fsp3) is 0.680. The molecule has 2 amide bonds. The zero-order valence-electron chi connectivity index (χ0n) is 20.6. The maximum Gasteiger partial charge on any atom is 0.419 e. The van der Waals surface area contributed by atoms with Crippen molar-refractivity contribution in [3.63, 3.8) is 0 Å². The Morgan fingerprint density at radius 1 is 0.969 bits per heavy atom. The molecule has 2 unspecified atom stereocenters. The first-order chi connectivity index (χ1) is 15.0. The Balaban J connectivity index is 1.69. The lowest BCUT2D eigenvalue weighted by atomic mass is 10.0. The highest BCUT2D eigenvalue weighted by molar-refractivity contribution is 5.84. The zero-order valence-corrected chi connectivity index (χ0v) is 20.6. The van der Waals surface area contributed by atoms with Crippen LogP contribution in [0.5, 0.6) is 0 Å². The van der Waals surface area contributed by atoms with Gasteiger partial charge in [-0.1, -0.05) is 30.3 Å². The van der Waals surface area contributed by atoms with Gasteiger partial charge in [0.2, 0.25) is 0 Å². The number of nitrogens with one attached hydrogen (secondary N) is 1. The molecule has 32 heavy (non-hydrogen) atoms. The molecule has 0 aliphatic carbocycles. The second-order valence-electron chi connectivity index (χ2n) is 11.0. The van der Waals surface area contributed by atoms with E-state index in [2.05, 4.69) is 22.3 Å². The van der Waals surface area contributed by atoms with Crippen LogP contribution < -0.4 is 5.32 Å². The third-order valence-electron chi connectivity index (χ3n) is 6.27. The molecular weight excluding hydrogens is 404 g/mol. The molecule has 1 N–H and O–H groups in total. The molecule has 2 aliphatic heterocycles. The van der Waals surface area contributed by atoms with E-state index in [1.807, 2.05) is 59.7 Å². The van der Waals surface area contributed by atoms with E-state index in [0.29, 0.717) is 0 Å². The van der Waals surface area contributed by atoms with Crippen molar-refractivity contribution < 1.29 is 14.3 Å². The van der Waals surface area contributed by atoms with Crippen molar-refractivity contribution >= 4 is 12.2 Å². The van der Waals surface area contributed by atoms with E-state index in [9.17, 15) is 9.59 Å². The van der Waals surface area contributed by atoms with Crippen LogP contribution in [0.3, 0.4) is 0 Å². The van der Waals surface area contributed by atoms with Crippen molar-refractivity contribution in [3.8, 4) is 0 Å². The Morgan fingerprint density at radius 3 is 2.09 bits per heavy atom. The number of hydrogen-bond acceptors (Lipinski definition) is 5. The summed E-state index contributed by atoms with van der Waals surface area (Å²) in [6, 6.07) is 10.4. The van der Waals surface area contributed by atoms with Crippen molar-refractivity contribution in [3.05, 3.63) is 35.9 Å². The van der Waals surface area contributed by atoms with Crippen LogP contribution in [-0.2, 0) is 11.3 Å². The number of carbonyl (C=O) groups is 2. The van der Waals surface area contributed by atoms with E-state index in [0.717, 1.165) is 45.6 Å². The summed E-state index contributed by atoms with van der Waals surface area (Å²) < 4.78 is 5.53. The lowest BCUT2D eigenvalue weighted by molar-refractivity contribution is 0.0310. The predicted octanol–water partition coefficient (Wildman–Crippen LogP) is 4.08. The molecule has 7 nitrogen and oxygen atoms in total. The predicted molar refractivity (Wildman–Crippen MR) is 126 cm³/mol. The monoisotopic (exact) mass is 444 g/mol. The molecule has 2 atom stereocenters. The Hall–Kier alpha value is -2.12. The van der Waals surface area contributed by atoms with Gasteiger partial charge in [-0.05, 0) is 66.5 Å². The second-order valence-corrected chi connectivity index (χ2v) is 11.0. The lowest BCUT2D eigenvalue weighted by Crippen LogP contribution is -2.57. The highest BCUT2D eigenvalue weighted by Gasteiger charge is 2.42. The smallest absolute Gasteiger partial charge is 0.359 e. The summed E-state index contributed by atoms with van der Waals surface area (Å²) in [6.07, 6.45) is 0.627. The van der Waals surface area contributed by atoms with Gasteiger partial charge in [0.25, 0.3) is 0 Å². The van der Waals surface area contributed by atoms with Crippen LogP contribution in [0, 0.1) is 0 Å². The normalized spacial score (nSPS) is 22.1. The van der Waals surface area contributed by atoms with Crippen LogP contribution in [0.25, 0.3) is 0 Å². The molecule has 1 aromatic rings. The maximum atomic E-state index is 13.3. The first kappa shape index (κ1) is 24.5. The van der Waals surface area contributed by atoms with E-state index in [1.54, 1.807) is 9.80 Å². The van der Waals surface area contributed by atoms with Gasteiger partial charge >= 0.3 is 12.2 Å². The van der Waals surface area contributed by atoms with Gasteiger partial charge in [0.1, 0.15) is 0 Å². The highest BCUT2D eigenvalue weighted by atomic mass is 16.6. The minimum atomic E-state index is -0.551. The number of ether oxygens (including phenoxy) is 1. The van der Waals surface area contributed by atoms with Gasteiger partial charge in [0, 0.05) is 49.3 Å². The Kier molecular flexibility index (Phi) is 7.50. The Labute approximate surface area is 193 Å². The first-order valence-corrected chi connectivity index (χ1v) is 11.8. The van der Waals surface area contributed by atoms with Gasteiger partial charge in [-0.25, -0.2) is 9.59 Å². The molecule has 2 fully saturated rings. The topological polar surface area (TPSA) is 65.1 Å². The van der Waals surface area contributed by atoms with E-state index >= 15 is 0 Å². The highest BCUT2D eigenvalue weighted by Crippen LogP contribution is 2.28. The van der Waals surface area contributed by atoms with Crippen molar-refractivity contribution in [2.24, 2.45) is 0 Å². The largest absolute Gasteiger partial charge is 0.419 e. The average molecular weight is 445 g/mol. The summed E-state index contributed by atoms with van der Waals surface area (Å²) in [7, 11) is 0. The first-order valence-electron chi connectivity index (χ1n) is 11.8. The summed E-state index contributed by atoms with van der Waals surface area (Å²) >= 11 is 0. The fourth-order valence-corrected chi connectivity index (χ4v) is 4.98. The quantitative estimate of drug-likeness (QED) is 0.709. The van der Waals surface area contributed by atoms with Crippen molar-refractivity contribution in [1.82, 2.24) is 20.0 Å². The summed E-state index contributed by atoms with van der Waals surface area (Å²) in [5, 5.41) is 3.30. The van der Waals surface area contributed by atoms with Crippen LogP contribution >= 0.6 is 0 Å². The van der Waals surface area contributed by atoms with Crippen LogP contribution in [0.15, 0.2) is 30.3 Å². The van der Waals surface area contributed by atoms with E-state index < -0.39 is 23.3 Å². The molecule has 2 aliphatic rings. The molecule has 2 heterocycles. The molecule has 1 aromatic carbocycles. The third kappa shape index (κ3) is 6.01. The van der Waals surface area contributed by atoms with Crippen molar-refractivity contribution in [2.45, 2.75) is 84.1 Å². The number of nitrogens with zero attached hydrogens (tertiary/aromatic N) is 3. The second kappa shape index (κ2) is 9.79. The Morgan fingerprint density at radius 2 is 1.56 bits per heavy atom. The Bertz CT molecular complexity index is 779. The van der Waals surface area contributed by atoms with E-state index in [-0.39, 0.29) is 12.1 Å². The summed E-state index contributed by atoms with van der Waals surface area (Å²) in [4.78, 5) is 32.3. The van der Waals surface area contributed by atoms with Gasteiger partial charge in [-0.2, -0.15) is 0 Å². The maximum absolute atomic E-state index is 13.3. The summed E-state index contributed by atoms with van der Waals surface area (Å²) in [6.45, 7) is 16.1. The van der Waals surface area contributed by atoms with Gasteiger partial charge in [0.15, 0.2) is 0 Å². The average Bonchev–Trinajstić information content (AvgIpc) is 3.33. The molecule has 7 heteroatoms. The van der Waals surface area contributed by atoms with Crippen molar-refractivity contribution in [2.75, 3.05) is 26.2 Å². The number of benzene rings is 1. The van der Waals surface area contributed by atoms with Crippen LogP contribution in [0.2, 0.25) is 0 Å².